The van der Waals surface area contributed by atoms with Crippen LogP contribution in [0.4, 0.5) is 0 Å². The van der Waals surface area contributed by atoms with Crippen LogP contribution in [0.3, 0.4) is 0 Å². The minimum Gasteiger partial charge on any atom is -0.454 e. The molecule has 3 aromatic heterocycles. The fraction of sp³-hybridized carbons (Fsp3) is 0.176. The summed E-state index contributed by atoms with van der Waals surface area (Å²) >= 11 is 0. The van der Waals surface area contributed by atoms with Crippen molar-refractivity contribution in [1.82, 2.24) is 29.8 Å². The molecule has 0 saturated heterocycles. The smallest absolute Gasteiger partial charge is 0.343 e. The van der Waals surface area contributed by atoms with Crippen molar-refractivity contribution in [3.63, 3.8) is 0 Å². The highest BCUT2D eigenvalue weighted by molar-refractivity contribution is 6.03. The number of benzene rings is 1. The lowest BCUT2D eigenvalue weighted by atomic mass is 10.2. The molecule has 0 N–H and O–H groups in total. The third-order valence-electron chi connectivity index (χ3n) is 4.02. The first-order chi connectivity index (χ1) is 13.1. The van der Waals surface area contributed by atoms with E-state index in [0.29, 0.717) is 5.82 Å². The van der Waals surface area contributed by atoms with Gasteiger partial charge in [-0.1, -0.05) is 18.2 Å². The van der Waals surface area contributed by atoms with Crippen LogP contribution in [0.2, 0.25) is 0 Å². The molecule has 0 unspecified atom stereocenters. The zero-order valence-electron chi connectivity index (χ0n) is 14.5. The van der Waals surface area contributed by atoms with Gasteiger partial charge in [-0.2, -0.15) is 4.68 Å². The molecule has 10 nitrogen and oxygen atoms in total. The summed E-state index contributed by atoms with van der Waals surface area (Å²) in [7, 11) is 1.54. The molecule has 0 aliphatic carbocycles. The number of aryl methyl sites for hydroxylation is 2. The van der Waals surface area contributed by atoms with Crippen molar-refractivity contribution in [2.24, 2.45) is 7.05 Å². The lowest BCUT2D eigenvalue weighted by molar-refractivity contribution is 0.0459. The second kappa shape index (κ2) is 6.48. The zero-order valence-corrected chi connectivity index (χ0v) is 14.5. The number of hydrogen-bond acceptors (Lipinski definition) is 8. The first kappa shape index (κ1) is 16.6. The number of nitrogens with zero attached hydrogens (tertiary/aromatic N) is 6. The third-order valence-corrected chi connectivity index (χ3v) is 4.02. The number of rotatable bonds is 4. The number of aromatic nitrogens is 6. The van der Waals surface area contributed by atoms with Crippen molar-refractivity contribution in [2.45, 2.75) is 13.5 Å². The van der Waals surface area contributed by atoms with E-state index >= 15 is 0 Å². The molecule has 0 spiro atoms. The maximum absolute atomic E-state index is 12.6. The van der Waals surface area contributed by atoms with Gasteiger partial charge in [0.15, 0.2) is 12.4 Å². The van der Waals surface area contributed by atoms with Crippen molar-refractivity contribution < 1.29 is 13.9 Å². The predicted octanol–water partition coefficient (Wildman–Crippen LogP) is 1.17. The molecule has 0 radical (unpaired) electrons. The fourth-order valence-electron chi connectivity index (χ4n) is 2.70. The Morgan fingerprint density at radius 2 is 2.04 bits per heavy atom. The second-order valence-corrected chi connectivity index (χ2v) is 5.79. The summed E-state index contributed by atoms with van der Waals surface area (Å²) in [4.78, 5) is 29.0. The van der Waals surface area contributed by atoms with E-state index in [1.54, 1.807) is 14.0 Å². The Balaban J connectivity index is 1.63. The van der Waals surface area contributed by atoms with Gasteiger partial charge in [-0.25, -0.2) is 9.78 Å². The summed E-state index contributed by atoms with van der Waals surface area (Å²) in [6.07, 6.45) is 1.33. The first-order valence-electron chi connectivity index (χ1n) is 8.01. The maximum Gasteiger partial charge on any atom is 0.343 e. The van der Waals surface area contributed by atoms with Crippen LogP contribution < -0.4 is 5.56 Å². The Labute approximate surface area is 152 Å². The van der Waals surface area contributed by atoms with Crippen LogP contribution in [0.1, 0.15) is 21.9 Å². The van der Waals surface area contributed by atoms with Crippen molar-refractivity contribution in [3.05, 3.63) is 64.2 Å². The standard InChI is InChI=1S/C17H14N6O4/c1-10-13(14-15(27-10)18-9-22(2)16(14)24)17(25)26-8-12-19-20-21-23(12)11-6-4-3-5-7-11/h3-7,9H,8H2,1-2H3. The Hall–Kier alpha value is -3.82. The second-order valence-electron chi connectivity index (χ2n) is 5.79. The van der Waals surface area contributed by atoms with Gasteiger partial charge in [-0.15, -0.1) is 5.10 Å². The lowest BCUT2D eigenvalue weighted by Gasteiger charge is -2.06. The fourth-order valence-corrected chi connectivity index (χ4v) is 2.70. The summed E-state index contributed by atoms with van der Waals surface area (Å²) in [5, 5.41) is 11.5. The Kier molecular flexibility index (Phi) is 3.99. The number of hydrogen-bond donors (Lipinski definition) is 0. The van der Waals surface area contributed by atoms with E-state index in [2.05, 4.69) is 20.5 Å². The number of ether oxygens (including phenoxy) is 1. The van der Waals surface area contributed by atoms with Gasteiger partial charge in [0.25, 0.3) is 5.56 Å². The van der Waals surface area contributed by atoms with Crippen molar-refractivity contribution in [1.29, 1.82) is 0 Å². The molecule has 0 fully saturated rings. The van der Waals surface area contributed by atoms with E-state index in [-0.39, 0.29) is 29.0 Å². The molecule has 1 aromatic carbocycles. The number of tetrazole rings is 1. The van der Waals surface area contributed by atoms with Gasteiger partial charge in [0.1, 0.15) is 23.0 Å². The summed E-state index contributed by atoms with van der Waals surface area (Å²) < 4.78 is 13.5. The van der Waals surface area contributed by atoms with Crippen LogP contribution in [-0.2, 0) is 18.4 Å². The Morgan fingerprint density at radius 3 is 2.81 bits per heavy atom. The van der Waals surface area contributed by atoms with E-state index < -0.39 is 11.5 Å². The van der Waals surface area contributed by atoms with Gasteiger partial charge in [0.05, 0.1) is 5.69 Å². The van der Waals surface area contributed by atoms with Crippen molar-refractivity contribution in [3.8, 4) is 5.69 Å². The SMILES string of the molecule is Cc1oc2ncn(C)c(=O)c2c1C(=O)OCc1nnnn1-c1ccccc1. The van der Waals surface area contributed by atoms with Crippen LogP contribution in [0.5, 0.6) is 0 Å². The van der Waals surface area contributed by atoms with Gasteiger partial charge in [-0.05, 0) is 29.5 Å². The third kappa shape index (κ3) is 2.86. The monoisotopic (exact) mass is 366 g/mol. The molecule has 0 bridgehead atoms. The molecule has 27 heavy (non-hydrogen) atoms. The molecular formula is C17H14N6O4. The number of carbonyl (C=O) groups excluding carboxylic acids is 1. The van der Waals surface area contributed by atoms with Crippen LogP contribution in [0.25, 0.3) is 16.8 Å². The summed E-state index contributed by atoms with van der Waals surface area (Å²) in [5.74, 6) is -0.113. The predicted molar refractivity (Wildman–Crippen MR) is 92.3 cm³/mol. The number of para-hydroxylation sites is 1. The minimum atomic E-state index is -0.709. The largest absolute Gasteiger partial charge is 0.454 e. The number of carbonyl (C=O) groups is 1. The molecular weight excluding hydrogens is 352 g/mol. The number of esters is 1. The van der Waals surface area contributed by atoms with Crippen LogP contribution >= 0.6 is 0 Å². The molecule has 0 aliphatic heterocycles. The average Bonchev–Trinajstić information content (AvgIpc) is 3.28. The minimum absolute atomic E-state index is 0.0532. The number of fused-ring (bicyclic) bond motifs is 1. The molecule has 10 heteroatoms. The quantitative estimate of drug-likeness (QED) is 0.494. The van der Waals surface area contributed by atoms with Crippen LogP contribution in [0.15, 0.2) is 45.9 Å². The summed E-state index contributed by atoms with van der Waals surface area (Å²) in [5.41, 5.74) is 0.489. The van der Waals surface area contributed by atoms with E-state index in [9.17, 15) is 9.59 Å². The average molecular weight is 366 g/mol. The highest BCUT2D eigenvalue weighted by atomic mass is 16.5. The summed E-state index contributed by atoms with van der Waals surface area (Å²) in [6, 6.07) is 9.21. The van der Waals surface area contributed by atoms with Gasteiger partial charge in [0.2, 0.25) is 5.71 Å². The van der Waals surface area contributed by atoms with Crippen molar-refractivity contribution in [2.75, 3.05) is 0 Å². The normalized spacial score (nSPS) is 11.0. The topological polar surface area (TPSA) is 118 Å². The molecule has 3 heterocycles. The molecule has 0 aliphatic rings. The van der Waals surface area contributed by atoms with Crippen LogP contribution in [0, 0.1) is 6.92 Å². The van der Waals surface area contributed by atoms with E-state index in [0.717, 1.165) is 5.69 Å². The molecule has 4 aromatic rings. The van der Waals surface area contributed by atoms with Gasteiger partial charge in [-0.3, -0.25) is 4.79 Å². The van der Waals surface area contributed by atoms with E-state index in [1.165, 1.54) is 15.6 Å². The molecule has 0 atom stereocenters. The zero-order chi connectivity index (χ0) is 19.0. The number of furan rings is 1. The van der Waals surface area contributed by atoms with Crippen molar-refractivity contribution >= 4 is 17.1 Å². The van der Waals surface area contributed by atoms with Crippen LogP contribution in [-0.4, -0.2) is 35.7 Å². The summed E-state index contributed by atoms with van der Waals surface area (Å²) in [6.45, 7) is 1.40. The molecule has 4 rings (SSSR count). The van der Waals surface area contributed by atoms with Gasteiger partial charge < -0.3 is 13.7 Å². The lowest BCUT2D eigenvalue weighted by Crippen LogP contribution is -2.19. The van der Waals surface area contributed by atoms with E-state index in [1.807, 2.05) is 30.3 Å². The maximum atomic E-state index is 12.6. The highest BCUT2D eigenvalue weighted by Gasteiger charge is 2.24. The highest BCUT2D eigenvalue weighted by Crippen LogP contribution is 2.22. The van der Waals surface area contributed by atoms with E-state index in [4.69, 9.17) is 9.15 Å². The Bertz CT molecular complexity index is 1190. The molecule has 136 valence electrons. The van der Waals surface area contributed by atoms with Gasteiger partial charge in [0, 0.05) is 7.05 Å². The molecule has 0 saturated carbocycles. The molecule has 0 amide bonds. The first-order valence-corrected chi connectivity index (χ1v) is 8.01. The Morgan fingerprint density at radius 1 is 1.26 bits per heavy atom. The van der Waals surface area contributed by atoms with Gasteiger partial charge >= 0.3 is 5.97 Å².